The molecule has 0 spiro atoms. The number of rotatable bonds is 7. The molecule has 4 nitrogen and oxygen atoms in total. The van der Waals surface area contributed by atoms with Gasteiger partial charge >= 0.3 is 0 Å². The van der Waals surface area contributed by atoms with Crippen LogP contribution in [0.15, 0.2) is 42.5 Å². The highest BCUT2D eigenvalue weighted by Gasteiger charge is 2.13. The van der Waals surface area contributed by atoms with Gasteiger partial charge in [0.1, 0.15) is 17.2 Å². The van der Waals surface area contributed by atoms with Crippen molar-refractivity contribution in [2.75, 3.05) is 7.11 Å². The SMILES string of the molecule is COc1ccc(CCCc2n[nH]c(C)c2Oc2cc(Cl)cc(Cl)c2)cc1. The van der Waals surface area contributed by atoms with Crippen molar-refractivity contribution in [1.82, 2.24) is 10.2 Å². The maximum absolute atomic E-state index is 6.05. The van der Waals surface area contributed by atoms with Crippen LogP contribution in [0.1, 0.15) is 23.4 Å². The van der Waals surface area contributed by atoms with E-state index >= 15 is 0 Å². The Morgan fingerprint density at radius 2 is 1.65 bits per heavy atom. The zero-order valence-electron chi connectivity index (χ0n) is 14.7. The van der Waals surface area contributed by atoms with Crippen LogP contribution in [0, 0.1) is 6.92 Å². The molecule has 26 heavy (non-hydrogen) atoms. The quantitative estimate of drug-likeness (QED) is 0.537. The third-order valence-corrected chi connectivity index (χ3v) is 4.49. The Bertz CT molecular complexity index is 856. The maximum atomic E-state index is 6.05. The van der Waals surface area contributed by atoms with E-state index in [4.69, 9.17) is 32.7 Å². The van der Waals surface area contributed by atoms with Gasteiger partial charge in [0.2, 0.25) is 0 Å². The van der Waals surface area contributed by atoms with Gasteiger partial charge in [-0.25, -0.2) is 0 Å². The molecule has 0 unspecified atom stereocenters. The molecule has 0 atom stereocenters. The number of aromatic nitrogens is 2. The Balaban J connectivity index is 1.65. The molecule has 3 rings (SSSR count). The van der Waals surface area contributed by atoms with Crippen molar-refractivity contribution in [3.8, 4) is 17.2 Å². The average Bonchev–Trinajstić information content (AvgIpc) is 2.95. The van der Waals surface area contributed by atoms with Crippen molar-refractivity contribution in [1.29, 1.82) is 0 Å². The summed E-state index contributed by atoms with van der Waals surface area (Å²) in [6, 6.07) is 13.3. The molecule has 6 heteroatoms. The first-order chi connectivity index (χ1) is 12.5. The van der Waals surface area contributed by atoms with Gasteiger partial charge in [0.15, 0.2) is 5.75 Å². The van der Waals surface area contributed by atoms with Crippen LogP contribution < -0.4 is 9.47 Å². The van der Waals surface area contributed by atoms with E-state index in [2.05, 4.69) is 22.3 Å². The lowest BCUT2D eigenvalue weighted by atomic mass is 10.1. The summed E-state index contributed by atoms with van der Waals surface area (Å²) in [6.45, 7) is 1.93. The molecule has 0 fully saturated rings. The first kappa shape index (κ1) is 18.6. The predicted molar refractivity (Wildman–Crippen MR) is 105 cm³/mol. The number of hydrogen-bond acceptors (Lipinski definition) is 3. The Morgan fingerprint density at radius 3 is 2.31 bits per heavy atom. The van der Waals surface area contributed by atoms with E-state index in [1.807, 2.05) is 19.1 Å². The number of H-pyrrole nitrogens is 1. The van der Waals surface area contributed by atoms with Crippen LogP contribution in [-0.4, -0.2) is 17.3 Å². The molecule has 0 aliphatic carbocycles. The highest BCUT2D eigenvalue weighted by atomic mass is 35.5. The van der Waals surface area contributed by atoms with Gasteiger partial charge in [0.05, 0.1) is 12.8 Å². The van der Waals surface area contributed by atoms with Crippen molar-refractivity contribution in [2.45, 2.75) is 26.2 Å². The summed E-state index contributed by atoms with van der Waals surface area (Å²) in [7, 11) is 1.67. The Hall–Kier alpha value is -2.17. The van der Waals surface area contributed by atoms with Crippen LogP contribution in [0.4, 0.5) is 0 Å². The van der Waals surface area contributed by atoms with Gasteiger partial charge in [-0.1, -0.05) is 35.3 Å². The van der Waals surface area contributed by atoms with Gasteiger partial charge in [0, 0.05) is 10.0 Å². The van der Waals surface area contributed by atoms with Crippen molar-refractivity contribution >= 4 is 23.2 Å². The zero-order valence-corrected chi connectivity index (χ0v) is 16.2. The van der Waals surface area contributed by atoms with Crippen LogP contribution in [0.3, 0.4) is 0 Å². The van der Waals surface area contributed by atoms with Gasteiger partial charge in [-0.15, -0.1) is 0 Å². The molecule has 3 aromatic rings. The van der Waals surface area contributed by atoms with Crippen LogP contribution in [-0.2, 0) is 12.8 Å². The summed E-state index contributed by atoms with van der Waals surface area (Å²) < 4.78 is 11.2. The molecule has 1 heterocycles. The second kappa shape index (κ2) is 8.47. The first-order valence-corrected chi connectivity index (χ1v) is 9.11. The largest absolute Gasteiger partial charge is 0.497 e. The number of methoxy groups -OCH3 is 1. The molecule has 0 amide bonds. The first-order valence-electron chi connectivity index (χ1n) is 8.36. The molecule has 2 aromatic carbocycles. The molecule has 136 valence electrons. The summed E-state index contributed by atoms with van der Waals surface area (Å²) in [5.41, 5.74) is 3.04. The highest BCUT2D eigenvalue weighted by molar-refractivity contribution is 6.34. The summed E-state index contributed by atoms with van der Waals surface area (Å²) in [5, 5.41) is 8.45. The molecular formula is C20H20Cl2N2O2. The fraction of sp³-hybridized carbons (Fsp3) is 0.250. The number of benzene rings is 2. The summed E-state index contributed by atoms with van der Waals surface area (Å²) in [6.07, 6.45) is 2.72. The monoisotopic (exact) mass is 390 g/mol. The van der Waals surface area contributed by atoms with E-state index in [0.29, 0.717) is 15.8 Å². The maximum Gasteiger partial charge on any atom is 0.171 e. The summed E-state index contributed by atoms with van der Waals surface area (Å²) in [5.74, 6) is 2.20. The minimum Gasteiger partial charge on any atom is -0.497 e. The number of aromatic amines is 1. The molecular weight excluding hydrogens is 371 g/mol. The fourth-order valence-corrected chi connectivity index (χ4v) is 3.24. The summed E-state index contributed by atoms with van der Waals surface area (Å²) >= 11 is 12.1. The lowest BCUT2D eigenvalue weighted by Gasteiger charge is -2.08. The molecule has 0 saturated heterocycles. The molecule has 0 radical (unpaired) electrons. The average molecular weight is 391 g/mol. The third kappa shape index (κ3) is 4.71. The molecule has 1 N–H and O–H groups in total. The number of nitrogens with one attached hydrogen (secondary N) is 1. The van der Waals surface area contributed by atoms with Crippen LogP contribution >= 0.6 is 23.2 Å². The second-order valence-electron chi connectivity index (χ2n) is 6.03. The van der Waals surface area contributed by atoms with E-state index in [1.54, 1.807) is 25.3 Å². The van der Waals surface area contributed by atoms with Crippen molar-refractivity contribution < 1.29 is 9.47 Å². The van der Waals surface area contributed by atoms with Crippen molar-refractivity contribution in [2.24, 2.45) is 0 Å². The normalized spacial score (nSPS) is 10.8. The number of ether oxygens (including phenoxy) is 2. The van der Waals surface area contributed by atoms with Gasteiger partial charge < -0.3 is 9.47 Å². The minimum atomic E-state index is 0.537. The van der Waals surface area contributed by atoms with Gasteiger partial charge in [-0.05, 0) is 62.1 Å². The Labute approximate surface area is 163 Å². The van der Waals surface area contributed by atoms with Crippen LogP contribution in [0.5, 0.6) is 17.2 Å². The Kier molecular flexibility index (Phi) is 6.07. The minimum absolute atomic E-state index is 0.537. The fourth-order valence-electron chi connectivity index (χ4n) is 2.73. The van der Waals surface area contributed by atoms with E-state index in [0.717, 1.165) is 42.1 Å². The number of nitrogens with zero attached hydrogens (tertiary/aromatic N) is 1. The van der Waals surface area contributed by atoms with Gasteiger partial charge in [0.25, 0.3) is 0 Å². The summed E-state index contributed by atoms with van der Waals surface area (Å²) in [4.78, 5) is 0. The lowest BCUT2D eigenvalue weighted by Crippen LogP contribution is -1.94. The van der Waals surface area contributed by atoms with Gasteiger partial charge in [-0.3, -0.25) is 5.10 Å². The topological polar surface area (TPSA) is 47.1 Å². The highest BCUT2D eigenvalue weighted by Crippen LogP contribution is 2.32. The molecule has 0 aliphatic heterocycles. The number of aryl methyl sites for hydroxylation is 3. The van der Waals surface area contributed by atoms with Gasteiger partial charge in [-0.2, -0.15) is 5.10 Å². The zero-order chi connectivity index (χ0) is 18.5. The molecule has 0 bridgehead atoms. The van der Waals surface area contributed by atoms with E-state index in [1.165, 1.54) is 5.56 Å². The number of halogens is 2. The third-order valence-electron chi connectivity index (χ3n) is 4.06. The standard InChI is InChI=1S/C20H20Cl2N2O2/c1-13-20(26-18-11-15(21)10-16(22)12-18)19(24-23-13)5-3-4-14-6-8-17(25-2)9-7-14/h6-12H,3-5H2,1-2H3,(H,23,24). The number of hydrogen-bond donors (Lipinski definition) is 1. The predicted octanol–water partition coefficient (Wildman–Crippen LogP) is 6.00. The van der Waals surface area contributed by atoms with E-state index in [9.17, 15) is 0 Å². The second-order valence-corrected chi connectivity index (χ2v) is 6.91. The van der Waals surface area contributed by atoms with E-state index in [-0.39, 0.29) is 0 Å². The molecule has 0 aliphatic rings. The Morgan fingerprint density at radius 1 is 0.962 bits per heavy atom. The smallest absolute Gasteiger partial charge is 0.171 e. The molecule has 1 aromatic heterocycles. The van der Waals surface area contributed by atoms with Crippen molar-refractivity contribution in [3.05, 3.63) is 69.5 Å². The van der Waals surface area contributed by atoms with Crippen molar-refractivity contribution in [3.63, 3.8) is 0 Å². The van der Waals surface area contributed by atoms with Crippen LogP contribution in [0.2, 0.25) is 10.0 Å². The lowest BCUT2D eigenvalue weighted by molar-refractivity contribution is 0.414. The van der Waals surface area contributed by atoms with E-state index < -0.39 is 0 Å². The van der Waals surface area contributed by atoms with Crippen LogP contribution in [0.25, 0.3) is 0 Å². The molecule has 0 saturated carbocycles.